The Morgan fingerprint density at radius 2 is 2.12 bits per heavy atom. The summed E-state index contributed by atoms with van der Waals surface area (Å²) in [6.07, 6.45) is 7.85. The van der Waals surface area contributed by atoms with Crippen LogP contribution >= 0.6 is 0 Å². The Hall–Kier alpha value is -2.37. The number of aromatic amines is 1. The molecule has 2 N–H and O–H groups in total. The first kappa shape index (κ1) is 18.4. The summed E-state index contributed by atoms with van der Waals surface area (Å²) in [5, 5.41) is 2.91. The van der Waals surface area contributed by atoms with Crippen LogP contribution in [0.4, 0.5) is 5.69 Å². The van der Waals surface area contributed by atoms with Crippen LogP contribution in [0, 0.1) is 0 Å². The number of likely N-dealkylation sites (tertiary alicyclic amines) is 1. The van der Waals surface area contributed by atoms with Crippen LogP contribution in [0.25, 0.3) is 11.0 Å². The average molecular weight is 356 g/mol. The lowest BCUT2D eigenvalue weighted by Gasteiger charge is -2.24. The first-order valence-corrected chi connectivity index (χ1v) is 9.72. The van der Waals surface area contributed by atoms with Crippen molar-refractivity contribution in [3.8, 4) is 0 Å². The number of nitrogens with one attached hydrogen (secondary N) is 2. The summed E-state index contributed by atoms with van der Waals surface area (Å²) in [4.78, 5) is 34.1. The van der Waals surface area contributed by atoms with Crippen LogP contribution in [0.5, 0.6) is 0 Å². The van der Waals surface area contributed by atoms with Gasteiger partial charge < -0.3 is 15.2 Å². The largest absolute Gasteiger partial charge is 0.342 e. The number of anilines is 1. The number of amides is 2. The fourth-order valence-electron chi connectivity index (χ4n) is 3.36. The van der Waals surface area contributed by atoms with Crippen molar-refractivity contribution in [3.05, 3.63) is 24.0 Å². The second-order valence-corrected chi connectivity index (χ2v) is 7.05. The first-order valence-electron chi connectivity index (χ1n) is 9.72. The number of aromatic nitrogens is 2. The third-order valence-electron chi connectivity index (χ3n) is 4.84. The van der Waals surface area contributed by atoms with Gasteiger partial charge in [0, 0.05) is 25.1 Å². The van der Waals surface area contributed by atoms with Crippen molar-refractivity contribution in [2.24, 2.45) is 0 Å². The van der Waals surface area contributed by atoms with Gasteiger partial charge in [0.15, 0.2) is 0 Å². The van der Waals surface area contributed by atoms with Crippen molar-refractivity contribution in [2.45, 2.75) is 58.3 Å². The van der Waals surface area contributed by atoms with Crippen LogP contribution in [-0.4, -0.2) is 39.8 Å². The maximum Gasteiger partial charge on any atom is 0.243 e. The van der Waals surface area contributed by atoms with Gasteiger partial charge in [-0.2, -0.15) is 0 Å². The predicted molar refractivity (Wildman–Crippen MR) is 103 cm³/mol. The van der Waals surface area contributed by atoms with E-state index in [9.17, 15) is 9.59 Å². The zero-order valence-electron chi connectivity index (χ0n) is 15.5. The average Bonchev–Trinajstić information content (AvgIpc) is 3.02. The fourth-order valence-corrected chi connectivity index (χ4v) is 3.36. The van der Waals surface area contributed by atoms with E-state index in [1.165, 1.54) is 0 Å². The van der Waals surface area contributed by atoms with Gasteiger partial charge in [0.2, 0.25) is 11.8 Å². The Bertz CT molecular complexity index is 768. The monoisotopic (exact) mass is 356 g/mol. The molecule has 1 aliphatic rings. The minimum Gasteiger partial charge on any atom is -0.342 e. The number of aryl methyl sites for hydroxylation is 1. The van der Waals surface area contributed by atoms with Gasteiger partial charge in [-0.15, -0.1) is 0 Å². The second-order valence-electron chi connectivity index (χ2n) is 7.05. The Morgan fingerprint density at radius 3 is 2.96 bits per heavy atom. The predicted octanol–water partition coefficient (Wildman–Crippen LogP) is 3.64. The molecule has 1 aromatic carbocycles. The van der Waals surface area contributed by atoms with Gasteiger partial charge in [-0.25, -0.2) is 4.98 Å². The molecule has 1 saturated heterocycles. The van der Waals surface area contributed by atoms with E-state index in [1.54, 1.807) is 4.90 Å². The van der Waals surface area contributed by atoms with E-state index in [0.717, 1.165) is 67.5 Å². The Morgan fingerprint density at radius 1 is 1.27 bits per heavy atom. The third kappa shape index (κ3) is 4.84. The van der Waals surface area contributed by atoms with Gasteiger partial charge in [-0.05, 0) is 37.5 Å². The fraction of sp³-hybridized carbons (Fsp3) is 0.550. The van der Waals surface area contributed by atoms with Gasteiger partial charge in [-0.3, -0.25) is 9.59 Å². The number of hydrogen-bond donors (Lipinski definition) is 2. The molecular formula is C20H28N4O2. The Balaban J connectivity index is 1.61. The number of nitrogens with zero attached hydrogens (tertiary/aromatic N) is 2. The van der Waals surface area contributed by atoms with E-state index in [1.807, 2.05) is 18.2 Å². The number of hydrogen-bond acceptors (Lipinski definition) is 3. The molecule has 1 aliphatic heterocycles. The maximum absolute atomic E-state index is 12.4. The van der Waals surface area contributed by atoms with Crippen LogP contribution in [0.15, 0.2) is 18.2 Å². The summed E-state index contributed by atoms with van der Waals surface area (Å²) in [6, 6.07) is 5.68. The molecular weight excluding hydrogens is 328 g/mol. The zero-order valence-corrected chi connectivity index (χ0v) is 15.5. The second kappa shape index (κ2) is 8.83. The summed E-state index contributed by atoms with van der Waals surface area (Å²) < 4.78 is 0. The molecule has 0 spiro atoms. The Kier molecular flexibility index (Phi) is 6.26. The van der Waals surface area contributed by atoms with Crippen molar-refractivity contribution in [3.63, 3.8) is 0 Å². The highest BCUT2D eigenvalue weighted by Gasteiger charge is 2.18. The van der Waals surface area contributed by atoms with E-state index >= 15 is 0 Å². The highest BCUT2D eigenvalue weighted by atomic mass is 16.2. The number of H-pyrrole nitrogens is 1. The van der Waals surface area contributed by atoms with Crippen LogP contribution in [0.2, 0.25) is 0 Å². The van der Waals surface area contributed by atoms with Crippen molar-refractivity contribution < 1.29 is 9.59 Å². The lowest BCUT2D eigenvalue weighted by molar-refractivity contribution is -0.135. The number of carbonyl (C=O) groups excluding carboxylic acids is 2. The van der Waals surface area contributed by atoms with Gasteiger partial charge in [0.25, 0.3) is 0 Å². The number of unbranched alkanes of at least 4 members (excludes halogenated alkanes) is 1. The third-order valence-corrected chi connectivity index (χ3v) is 4.84. The van der Waals surface area contributed by atoms with Gasteiger partial charge in [-0.1, -0.05) is 26.2 Å². The topological polar surface area (TPSA) is 78.1 Å². The SMILES string of the molecule is CCCCc1nc2ccc(NC(=O)CN3CCCCCCC3=O)cc2[nH]1. The van der Waals surface area contributed by atoms with Crippen LogP contribution in [-0.2, 0) is 16.0 Å². The van der Waals surface area contributed by atoms with Gasteiger partial charge >= 0.3 is 0 Å². The maximum atomic E-state index is 12.4. The summed E-state index contributed by atoms with van der Waals surface area (Å²) >= 11 is 0. The van der Waals surface area contributed by atoms with Crippen molar-refractivity contribution in [1.29, 1.82) is 0 Å². The quantitative estimate of drug-likeness (QED) is 0.829. The van der Waals surface area contributed by atoms with Crippen molar-refractivity contribution >= 4 is 28.5 Å². The minimum absolute atomic E-state index is 0.0874. The summed E-state index contributed by atoms with van der Waals surface area (Å²) in [5.41, 5.74) is 2.57. The molecule has 2 amide bonds. The smallest absolute Gasteiger partial charge is 0.243 e. The van der Waals surface area contributed by atoms with Gasteiger partial charge in [0.1, 0.15) is 5.82 Å². The molecule has 6 heteroatoms. The molecule has 0 unspecified atom stereocenters. The highest BCUT2D eigenvalue weighted by Crippen LogP contribution is 2.18. The molecule has 26 heavy (non-hydrogen) atoms. The summed E-state index contributed by atoms with van der Waals surface area (Å²) in [5.74, 6) is 0.921. The lowest BCUT2D eigenvalue weighted by Crippen LogP contribution is -2.39. The molecule has 6 nitrogen and oxygen atoms in total. The zero-order chi connectivity index (χ0) is 18.4. The lowest BCUT2D eigenvalue weighted by atomic mass is 10.1. The minimum atomic E-state index is -0.149. The van der Waals surface area contributed by atoms with Crippen LogP contribution in [0.1, 0.15) is 57.7 Å². The number of imidazole rings is 1. The first-order chi connectivity index (χ1) is 12.7. The number of benzene rings is 1. The molecule has 0 radical (unpaired) electrons. The molecule has 0 aliphatic carbocycles. The number of fused-ring (bicyclic) bond motifs is 1. The number of carbonyl (C=O) groups is 2. The number of rotatable bonds is 6. The van der Waals surface area contributed by atoms with E-state index in [4.69, 9.17) is 0 Å². The summed E-state index contributed by atoms with van der Waals surface area (Å²) in [7, 11) is 0. The molecule has 1 aromatic heterocycles. The van der Waals surface area contributed by atoms with Crippen LogP contribution < -0.4 is 5.32 Å². The summed E-state index contributed by atoms with van der Waals surface area (Å²) in [6.45, 7) is 2.96. The molecule has 3 rings (SSSR count). The van der Waals surface area contributed by atoms with E-state index in [2.05, 4.69) is 22.2 Å². The molecule has 2 aromatic rings. The molecule has 2 heterocycles. The highest BCUT2D eigenvalue weighted by molar-refractivity contribution is 5.96. The van der Waals surface area contributed by atoms with Crippen molar-refractivity contribution in [1.82, 2.24) is 14.9 Å². The van der Waals surface area contributed by atoms with Crippen LogP contribution in [0.3, 0.4) is 0 Å². The van der Waals surface area contributed by atoms with Crippen molar-refractivity contribution in [2.75, 3.05) is 18.4 Å². The molecule has 1 fully saturated rings. The molecule has 140 valence electrons. The normalized spacial score (nSPS) is 15.7. The molecule has 0 saturated carbocycles. The Labute approximate surface area is 154 Å². The van der Waals surface area contributed by atoms with E-state index in [-0.39, 0.29) is 18.4 Å². The molecule has 0 atom stereocenters. The standard InChI is InChI=1S/C20H28N4O2/c1-2-3-8-18-22-16-11-10-15(13-17(16)23-18)21-19(25)14-24-12-7-5-4-6-9-20(24)26/h10-11,13H,2-9,12,14H2,1H3,(H,21,25)(H,22,23). The van der Waals surface area contributed by atoms with E-state index < -0.39 is 0 Å². The molecule has 0 bridgehead atoms. The van der Waals surface area contributed by atoms with Gasteiger partial charge in [0.05, 0.1) is 17.6 Å². The van der Waals surface area contributed by atoms with E-state index in [0.29, 0.717) is 13.0 Å².